The van der Waals surface area contributed by atoms with Crippen LogP contribution in [0.5, 0.6) is 0 Å². The Morgan fingerprint density at radius 2 is 2.22 bits per heavy atom. The first-order valence-corrected chi connectivity index (χ1v) is 6.88. The molecule has 1 fully saturated rings. The van der Waals surface area contributed by atoms with Crippen LogP contribution in [0.2, 0.25) is 5.15 Å². The van der Waals surface area contributed by atoms with Gasteiger partial charge in [0, 0.05) is 18.8 Å². The van der Waals surface area contributed by atoms with Crippen LogP contribution in [0.1, 0.15) is 43.5 Å². The Labute approximate surface area is 113 Å². The maximum absolute atomic E-state index is 12.4. The standard InChI is InChI=1S/C14H19ClN2O/c1-10(2)7-8-17(12-4-5-12)14(18)11-3-6-13(15)16-9-11/h3,6,9-10,12H,4-5,7-8H2,1-2H3. The smallest absolute Gasteiger partial charge is 0.255 e. The van der Waals surface area contributed by atoms with Gasteiger partial charge in [-0.25, -0.2) is 4.98 Å². The molecule has 4 heteroatoms. The van der Waals surface area contributed by atoms with Crippen molar-refractivity contribution < 1.29 is 4.79 Å². The summed E-state index contributed by atoms with van der Waals surface area (Å²) in [7, 11) is 0. The Bertz CT molecular complexity index is 412. The predicted octanol–water partition coefficient (Wildman–Crippen LogP) is 3.39. The van der Waals surface area contributed by atoms with E-state index in [4.69, 9.17) is 11.6 Å². The molecule has 98 valence electrons. The predicted molar refractivity (Wildman–Crippen MR) is 72.8 cm³/mol. The number of nitrogens with zero attached hydrogens (tertiary/aromatic N) is 2. The minimum Gasteiger partial charge on any atom is -0.336 e. The minimum atomic E-state index is 0.0855. The summed E-state index contributed by atoms with van der Waals surface area (Å²) in [5.74, 6) is 0.699. The van der Waals surface area contributed by atoms with Crippen LogP contribution in [0.15, 0.2) is 18.3 Å². The monoisotopic (exact) mass is 266 g/mol. The van der Waals surface area contributed by atoms with E-state index >= 15 is 0 Å². The number of aromatic nitrogens is 1. The van der Waals surface area contributed by atoms with E-state index in [1.807, 2.05) is 4.90 Å². The molecule has 1 aromatic heterocycles. The molecule has 0 unspecified atom stereocenters. The number of hydrogen-bond acceptors (Lipinski definition) is 2. The van der Waals surface area contributed by atoms with Crippen LogP contribution in [0.4, 0.5) is 0 Å². The second kappa shape index (κ2) is 5.70. The van der Waals surface area contributed by atoms with Gasteiger partial charge in [-0.05, 0) is 37.3 Å². The van der Waals surface area contributed by atoms with E-state index in [1.165, 1.54) is 0 Å². The number of hydrogen-bond donors (Lipinski definition) is 0. The molecule has 18 heavy (non-hydrogen) atoms. The maximum Gasteiger partial charge on any atom is 0.255 e. The third-order valence-corrected chi connectivity index (χ3v) is 3.39. The lowest BCUT2D eigenvalue weighted by Crippen LogP contribution is -2.34. The molecule has 0 atom stereocenters. The van der Waals surface area contributed by atoms with Gasteiger partial charge in [0.15, 0.2) is 0 Å². The molecule has 1 aliphatic rings. The van der Waals surface area contributed by atoms with E-state index in [2.05, 4.69) is 18.8 Å². The van der Waals surface area contributed by atoms with Gasteiger partial charge in [0.2, 0.25) is 0 Å². The number of rotatable bonds is 5. The molecular formula is C14H19ClN2O. The molecule has 3 nitrogen and oxygen atoms in total. The molecule has 0 bridgehead atoms. The number of pyridine rings is 1. The van der Waals surface area contributed by atoms with Gasteiger partial charge in [0.1, 0.15) is 5.15 Å². The second-order valence-corrected chi connectivity index (χ2v) is 5.67. The summed E-state index contributed by atoms with van der Waals surface area (Å²) in [6.45, 7) is 5.20. The topological polar surface area (TPSA) is 33.2 Å². The summed E-state index contributed by atoms with van der Waals surface area (Å²) in [6, 6.07) is 3.86. The lowest BCUT2D eigenvalue weighted by molar-refractivity contribution is 0.0735. The van der Waals surface area contributed by atoms with Crippen LogP contribution in [0.25, 0.3) is 0 Å². The highest BCUT2D eigenvalue weighted by Crippen LogP contribution is 2.28. The van der Waals surface area contributed by atoms with Gasteiger partial charge >= 0.3 is 0 Å². The van der Waals surface area contributed by atoms with Crippen molar-refractivity contribution in [2.24, 2.45) is 5.92 Å². The van der Waals surface area contributed by atoms with Gasteiger partial charge in [-0.2, -0.15) is 0 Å². The van der Waals surface area contributed by atoms with Gasteiger partial charge in [-0.3, -0.25) is 4.79 Å². The molecule has 0 spiro atoms. The first kappa shape index (κ1) is 13.3. The van der Waals surface area contributed by atoms with Crippen molar-refractivity contribution in [3.05, 3.63) is 29.0 Å². The Morgan fingerprint density at radius 3 is 2.72 bits per heavy atom. The molecule has 1 saturated carbocycles. The quantitative estimate of drug-likeness (QED) is 0.766. The molecule has 1 amide bonds. The lowest BCUT2D eigenvalue weighted by atomic mass is 10.1. The van der Waals surface area contributed by atoms with Crippen LogP contribution in [0, 0.1) is 5.92 Å². The third kappa shape index (κ3) is 3.45. The fraction of sp³-hybridized carbons (Fsp3) is 0.571. The zero-order chi connectivity index (χ0) is 13.1. The van der Waals surface area contributed by atoms with Gasteiger partial charge in [0.05, 0.1) is 5.56 Å². The molecule has 0 saturated heterocycles. The first-order chi connectivity index (χ1) is 8.58. The number of amides is 1. The van der Waals surface area contributed by atoms with E-state index in [1.54, 1.807) is 18.3 Å². The van der Waals surface area contributed by atoms with Crippen molar-refractivity contribution in [1.82, 2.24) is 9.88 Å². The number of carbonyl (C=O) groups is 1. The normalized spacial score (nSPS) is 14.9. The second-order valence-electron chi connectivity index (χ2n) is 5.28. The van der Waals surface area contributed by atoms with E-state index in [-0.39, 0.29) is 5.91 Å². The molecule has 1 aromatic rings. The Morgan fingerprint density at radius 1 is 1.50 bits per heavy atom. The maximum atomic E-state index is 12.4. The SMILES string of the molecule is CC(C)CCN(C(=O)c1ccc(Cl)nc1)C1CC1. The van der Waals surface area contributed by atoms with Gasteiger partial charge in [-0.1, -0.05) is 25.4 Å². The van der Waals surface area contributed by atoms with Crippen molar-refractivity contribution in [3.63, 3.8) is 0 Å². The van der Waals surface area contributed by atoms with Gasteiger partial charge in [0.25, 0.3) is 5.91 Å². The highest BCUT2D eigenvalue weighted by Gasteiger charge is 2.32. The molecule has 2 rings (SSSR count). The summed E-state index contributed by atoms with van der Waals surface area (Å²) >= 11 is 5.74. The lowest BCUT2D eigenvalue weighted by Gasteiger charge is -2.23. The summed E-state index contributed by atoms with van der Waals surface area (Å²) in [4.78, 5) is 18.4. The van der Waals surface area contributed by atoms with Gasteiger partial charge < -0.3 is 4.90 Å². The highest BCUT2D eigenvalue weighted by atomic mass is 35.5. The highest BCUT2D eigenvalue weighted by molar-refractivity contribution is 6.29. The van der Waals surface area contributed by atoms with E-state index in [0.717, 1.165) is 25.8 Å². The fourth-order valence-electron chi connectivity index (χ4n) is 1.90. The average molecular weight is 267 g/mol. The average Bonchev–Trinajstić information content (AvgIpc) is 3.14. The van der Waals surface area contributed by atoms with Crippen molar-refractivity contribution >= 4 is 17.5 Å². The van der Waals surface area contributed by atoms with Crippen molar-refractivity contribution in [1.29, 1.82) is 0 Å². The number of carbonyl (C=O) groups excluding carboxylic acids is 1. The summed E-state index contributed by atoms with van der Waals surface area (Å²) in [5, 5.41) is 0.423. The summed E-state index contributed by atoms with van der Waals surface area (Å²) in [6.07, 6.45) is 4.87. The van der Waals surface area contributed by atoms with Crippen LogP contribution in [0.3, 0.4) is 0 Å². The number of halogens is 1. The molecule has 0 N–H and O–H groups in total. The Hall–Kier alpha value is -1.09. The molecule has 0 aliphatic heterocycles. The van der Waals surface area contributed by atoms with Crippen molar-refractivity contribution in [3.8, 4) is 0 Å². The van der Waals surface area contributed by atoms with Crippen LogP contribution in [-0.2, 0) is 0 Å². The summed E-state index contributed by atoms with van der Waals surface area (Å²) < 4.78 is 0. The Kier molecular flexibility index (Phi) is 4.23. The Balaban J connectivity index is 2.05. The molecule has 1 heterocycles. The third-order valence-electron chi connectivity index (χ3n) is 3.17. The van der Waals surface area contributed by atoms with Crippen molar-refractivity contribution in [2.45, 2.75) is 39.2 Å². The summed E-state index contributed by atoms with van der Waals surface area (Å²) in [5.41, 5.74) is 0.634. The molecule has 1 aliphatic carbocycles. The van der Waals surface area contributed by atoms with E-state index in [9.17, 15) is 4.79 Å². The van der Waals surface area contributed by atoms with Crippen molar-refractivity contribution in [2.75, 3.05) is 6.54 Å². The first-order valence-electron chi connectivity index (χ1n) is 6.50. The zero-order valence-corrected chi connectivity index (χ0v) is 11.7. The molecule has 0 aromatic carbocycles. The van der Waals surface area contributed by atoms with Crippen LogP contribution >= 0.6 is 11.6 Å². The van der Waals surface area contributed by atoms with Crippen LogP contribution in [-0.4, -0.2) is 28.4 Å². The van der Waals surface area contributed by atoms with Gasteiger partial charge in [-0.15, -0.1) is 0 Å². The minimum absolute atomic E-state index is 0.0855. The van der Waals surface area contributed by atoms with E-state index < -0.39 is 0 Å². The molecular weight excluding hydrogens is 248 g/mol. The largest absolute Gasteiger partial charge is 0.336 e. The zero-order valence-electron chi connectivity index (χ0n) is 10.9. The molecule has 0 radical (unpaired) electrons. The van der Waals surface area contributed by atoms with E-state index in [0.29, 0.717) is 22.7 Å². The fourth-order valence-corrected chi connectivity index (χ4v) is 2.01. The van der Waals surface area contributed by atoms with Crippen LogP contribution < -0.4 is 0 Å².